The number of hydrogen-bond donors (Lipinski definition) is 1. The van der Waals surface area contributed by atoms with Crippen molar-refractivity contribution in [1.29, 1.82) is 0 Å². The number of methoxy groups -OCH3 is 1. The highest BCUT2D eigenvalue weighted by Crippen LogP contribution is 2.24. The third-order valence-corrected chi connectivity index (χ3v) is 4.18. The number of carbonyl (C=O) groups is 2. The molecule has 26 heavy (non-hydrogen) atoms. The van der Waals surface area contributed by atoms with E-state index < -0.39 is 17.9 Å². The van der Waals surface area contributed by atoms with Crippen LogP contribution in [0.25, 0.3) is 10.9 Å². The molecule has 0 spiro atoms. The SMILES string of the molecule is COc1ccc(C(=O)OC(C)C(=O)c2c(C)[nH]c3ccccc23)cc1F. The lowest BCUT2D eigenvalue weighted by atomic mass is 10.0. The zero-order valence-corrected chi connectivity index (χ0v) is 14.6. The van der Waals surface area contributed by atoms with Gasteiger partial charge in [-0.3, -0.25) is 4.79 Å². The molecule has 1 unspecified atom stereocenters. The number of fused-ring (bicyclic) bond motifs is 1. The summed E-state index contributed by atoms with van der Waals surface area (Å²) in [5.41, 5.74) is 2.04. The molecule has 6 heteroatoms. The molecular weight excluding hydrogens is 337 g/mol. The van der Waals surface area contributed by atoms with Crippen molar-refractivity contribution in [2.24, 2.45) is 0 Å². The van der Waals surface area contributed by atoms with Crippen LogP contribution in [0.5, 0.6) is 5.75 Å². The summed E-state index contributed by atoms with van der Waals surface area (Å²) in [6, 6.07) is 11.2. The van der Waals surface area contributed by atoms with Crippen molar-refractivity contribution in [3.63, 3.8) is 0 Å². The number of benzene rings is 2. The molecule has 0 aliphatic rings. The number of aryl methyl sites for hydroxylation is 1. The van der Waals surface area contributed by atoms with Gasteiger partial charge in [0.1, 0.15) is 0 Å². The van der Waals surface area contributed by atoms with E-state index in [1.807, 2.05) is 24.3 Å². The summed E-state index contributed by atoms with van der Waals surface area (Å²) in [6.45, 7) is 3.29. The van der Waals surface area contributed by atoms with Gasteiger partial charge in [0.15, 0.2) is 17.7 Å². The Morgan fingerprint density at radius 2 is 1.88 bits per heavy atom. The molecule has 0 fully saturated rings. The van der Waals surface area contributed by atoms with Crippen LogP contribution < -0.4 is 4.74 Å². The second kappa shape index (κ2) is 7.00. The number of ketones is 1. The summed E-state index contributed by atoms with van der Waals surface area (Å²) < 4.78 is 23.8. The minimum absolute atomic E-state index is 0.0126. The van der Waals surface area contributed by atoms with Crippen LogP contribution in [0.2, 0.25) is 0 Å². The molecular formula is C20H18FNO4. The Labute approximate surface area is 149 Å². The van der Waals surface area contributed by atoms with Crippen LogP contribution in [-0.2, 0) is 4.74 Å². The van der Waals surface area contributed by atoms with E-state index in [4.69, 9.17) is 9.47 Å². The van der Waals surface area contributed by atoms with Crippen molar-refractivity contribution in [1.82, 2.24) is 4.98 Å². The normalized spacial score (nSPS) is 12.0. The molecule has 2 aromatic carbocycles. The molecule has 0 aliphatic heterocycles. The highest BCUT2D eigenvalue weighted by molar-refractivity contribution is 6.11. The van der Waals surface area contributed by atoms with Gasteiger partial charge in [0.25, 0.3) is 0 Å². The standard InChI is InChI=1S/C20H18FNO4/c1-11-18(14-6-4-5-7-16(14)22-11)19(23)12(2)26-20(24)13-8-9-17(25-3)15(21)10-13/h4-10,12,22H,1-3H3. The van der Waals surface area contributed by atoms with Gasteiger partial charge in [-0.15, -0.1) is 0 Å². The maximum atomic E-state index is 13.8. The minimum atomic E-state index is -1.01. The number of Topliss-reactive ketones (excluding diaryl/α,β-unsaturated/α-hetero) is 1. The first kappa shape index (κ1) is 17.7. The number of halogens is 1. The predicted molar refractivity (Wildman–Crippen MR) is 95.2 cm³/mol. The fourth-order valence-electron chi connectivity index (χ4n) is 2.87. The number of carbonyl (C=O) groups excluding carboxylic acids is 2. The average molecular weight is 355 g/mol. The lowest BCUT2D eigenvalue weighted by Crippen LogP contribution is -2.25. The number of hydrogen-bond acceptors (Lipinski definition) is 4. The minimum Gasteiger partial charge on any atom is -0.494 e. The first-order chi connectivity index (χ1) is 12.4. The summed E-state index contributed by atoms with van der Waals surface area (Å²) in [7, 11) is 1.33. The van der Waals surface area contributed by atoms with Gasteiger partial charge in [-0.25, -0.2) is 9.18 Å². The number of esters is 1. The molecule has 0 radical (unpaired) electrons. The van der Waals surface area contributed by atoms with Crippen molar-refractivity contribution in [3.8, 4) is 5.75 Å². The molecule has 1 atom stereocenters. The number of nitrogens with one attached hydrogen (secondary N) is 1. The van der Waals surface area contributed by atoms with Gasteiger partial charge in [-0.1, -0.05) is 18.2 Å². The number of H-pyrrole nitrogens is 1. The Kier molecular flexibility index (Phi) is 4.75. The zero-order valence-electron chi connectivity index (χ0n) is 14.6. The van der Waals surface area contributed by atoms with Crippen LogP contribution in [0, 0.1) is 12.7 Å². The van der Waals surface area contributed by atoms with Crippen LogP contribution in [-0.4, -0.2) is 30.0 Å². The van der Waals surface area contributed by atoms with Crippen molar-refractivity contribution in [2.45, 2.75) is 20.0 Å². The van der Waals surface area contributed by atoms with Crippen LogP contribution in [0.3, 0.4) is 0 Å². The molecule has 3 aromatic rings. The maximum Gasteiger partial charge on any atom is 0.338 e. The summed E-state index contributed by atoms with van der Waals surface area (Å²) in [6.07, 6.45) is -1.01. The van der Waals surface area contributed by atoms with Crippen molar-refractivity contribution >= 4 is 22.7 Å². The van der Waals surface area contributed by atoms with Crippen LogP contribution in [0.4, 0.5) is 4.39 Å². The fourth-order valence-corrected chi connectivity index (χ4v) is 2.87. The molecule has 0 bridgehead atoms. The van der Waals surface area contributed by atoms with E-state index in [1.54, 1.807) is 6.92 Å². The van der Waals surface area contributed by atoms with E-state index >= 15 is 0 Å². The maximum absolute atomic E-state index is 13.8. The average Bonchev–Trinajstić information content (AvgIpc) is 2.96. The van der Waals surface area contributed by atoms with E-state index in [0.717, 1.165) is 17.0 Å². The Hall–Kier alpha value is -3.15. The largest absolute Gasteiger partial charge is 0.494 e. The van der Waals surface area contributed by atoms with E-state index in [2.05, 4.69) is 4.98 Å². The highest BCUT2D eigenvalue weighted by Gasteiger charge is 2.25. The molecule has 0 saturated carbocycles. The number of rotatable bonds is 5. The number of aromatic amines is 1. The Bertz CT molecular complexity index is 993. The van der Waals surface area contributed by atoms with Gasteiger partial charge in [0.05, 0.1) is 12.7 Å². The fraction of sp³-hybridized carbons (Fsp3) is 0.200. The quantitative estimate of drug-likeness (QED) is 0.554. The Morgan fingerprint density at radius 3 is 2.58 bits per heavy atom. The third kappa shape index (κ3) is 3.18. The van der Waals surface area contributed by atoms with E-state index in [-0.39, 0.29) is 17.1 Å². The van der Waals surface area contributed by atoms with Gasteiger partial charge >= 0.3 is 5.97 Å². The lowest BCUT2D eigenvalue weighted by Gasteiger charge is -2.13. The van der Waals surface area contributed by atoms with Gasteiger partial charge in [0, 0.05) is 22.2 Å². The van der Waals surface area contributed by atoms with Crippen LogP contribution >= 0.6 is 0 Å². The molecule has 3 rings (SSSR count). The van der Waals surface area contributed by atoms with Crippen molar-refractivity contribution in [3.05, 3.63) is 65.1 Å². The predicted octanol–water partition coefficient (Wildman–Crippen LogP) is 4.05. The van der Waals surface area contributed by atoms with E-state index in [9.17, 15) is 14.0 Å². The molecule has 0 amide bonds. The smallest absolute Gasteiger partial charge is 0.338 e. The molecule has 134 valence electrons. The molecule has 0 saturated heterocycles. The van der Waals surface area contributed by atoms with Gasteiger partial charge in [-0.2, -0.15) is 0 Å². The second-order valence-corrected chi connectivity index (χ2v) is 5.93. The van der Waals surface area contributed by atoms with Crippen molar-refractivity contribution < 1.29 is 23.5 Å². The molecule has 5 nitrogen and oxygen atoms in total. The molecule has 1 aromatic heterocycles. The number of aromatic nitrogens is 1. The third-order valence-electron chi connectivity index (χ3n) is 4.18. The van der Waals surface area contributed by atoms with Gasteiger partial charge in [0.2, 0.25) is 5.78 Å². The molecule has 0 aliphatic carbocycles. The van der Waals surface area contributed by atoms with Gasteiger partial charge < -0.3 is 14.5 Å². The summed E-state index contributed by atoms with van der Waals surface area (Å²) in [4.78, 5) is 28.2. The van der Waals surface area contributed by atoms with Crippen LogP contribution in [0.15, 0.2) is 42.5 Å². The number of para-hydroxylation sites is 1. The van der Waals surface area contributed by atoms with E-state index in [1.165, 1.54) is 26.2 Å². The van der Waals surface area contributed by atoms with E-state index in [0.29, 0.717) is 11.3 Å². The molecule has 1 N–H and O–H groups in total. The lowest BCUT2D eigenvalue weighted by molar-refractivity contribution is 0.0318. The van der Waals surface area contributed by atoms with Crippen LogP contribution in [0.1, 0.15) is 33.3 Å². The zero-order chi connectivity index (χ0) is 18.8. The second-order valence-electron chi connectivity index (χ2n) is 5.93. The molecule has 1 heterocycles. The highest BCUT2D eigenvalue weighted by atomic mass is 19.1. The monoisotopic (exact) mass is 355 g/mol. The number of ether oxygens (including phenoxy) is 2. The summed E-state index contributed by atoms with van der Waals surface area (Å²) in [5.74, 6) is -1.74. The van der Waals surface area contributed by atoms with Crippen molar-refractivity contribution in [2.75, 3.05) is 7.11 Å². The first-order valence-corrected chi connectivity index (χ1v) is 8.08. The van der Waals surface area contributed by atoms with Gasteiger partial charge in [-0.05, 0) is 38.1 Å². The summed E-state index contributed by atoms with van der Waals surface area (Å²) in [5, 5.41) is 0.772. The summed E-state index contributed by atoms with van der Waals surface area (Å²) >= 11 is 0. The Balaban J connectivity index is 1.81. The Morgan fingerprint density at radius 1 is 1.15 bits per heavy atom. The topological polar surface area (TPSA) is 68.4 Å². The first-order valence-electron chi connectivity index (χ1n) is 8.08.